The van der Waals surface area contributed by atoms with Crippen LogP contribution in [0.2, 0.25) is 0 Å². The van der Waals surface area contributed by atoms with Crippen molar-refractivity contribution in [2.75, 3.05) is 13.2 Å². The van der Waals surface area contributed by atoms with Crippen LogP contribution in [0.5, 0.6) is 11.5 Å². The average Bonchev–Trinajstić information content (AvgIpc) is 2.55. The molecule has 2 aromatic carbocycles. The molecule has 0 aromatic heterocycles. The van der Waals surface area contributed by atoms with Crippen molar-refractivity contribution in [3.8, 4) is 17.6 Å². The summed E-state index contributed by atoms with van der Waals surface area (Å²) in [5.41, 5.74) is 1.83. The third kappa shape index (κ3) is 4.54. The monoisotopic (exact) mass is 281 g/mol. The zero-order valence-corrected chi connectivity index (χ0v) is 12.2. The van der Waals surface area contributed by atoms with Gasteiger partial charge in [0.05, 0.1) is 18.8 Å². The molecule has 0 aliphatic carbocycles. The second-order valence-electron chi connectivity index (χ2n) is 4.66. The highest BCUT2D eigenvalue weighted by Gasteiger charge is 2.01. The fraction of sp³-hybridized carbons (Fsp3) is 0.278. The van der Waals surface area contributed by atoms with Crippen LogP contribution in [0.3, 0.4) is 0 Å². The van der Waals surface area contributed by atoms with E-state index in [9.17, 15) is 0 Å². The van der Waals surface area contributed by atoms with Gasteiger partial charge >= 0.3 is 0 Å². The van der Waals surface area contributed by atoms with E-state index < -0.39 is 0 Å². The second-order valence-corrected chi connectivity index (χ2v) is 4.66. The van der Waals surface area contributed by atoms with Crippen molar-refractivity contribution in [3.05, 3.63) is 59.7 Å². The van der Waals surface area contributed by atoms with Gasteiger partial charge in [0.15, 0.2) is 0 Å². The van der Waals surface area contributed by atoms with Gasteiger partial charge in [0.1, 0.15) is 17.6 Å². The number of hydrogen-bond acceptors (Lipinski definition) is 3. The molecule has 0 bridgehead atoms. The van der Waals surface area contributed by atoms with Crippen molar-refractivity contribution in [2.24, 2.45) is 0 Å². The molecule has 108 valence electrons. The van der Waals surface area contributed by atoms with Gasteiger partial charge in [-0.3, -0.25) is 0 Å². The van der Waals surface area contributed by atoms with Crippen molar-refractivity contribution in [1.29, 1.82) is 5.26 Å². The van der Waals surface area contributed by atoms with Crippen LogP contribution in [-0.4, -0.2) is 13.2 Å². The topological polar surface area (TPSA) is 42.2 Å². The van der Waals surface area contributed by atoms with Gasteiger partial charge in [0.2, 0.25) is 0 Å². The molecule has 21 heavy (non-hydrogen) atoms. The quantitative estimate of drug-likeness (QED) is 0.721. The summed E-state index contributed by atoms with van der Waals surface area (Å²) in [5.74, 6) is 1.53. The van der Waals surface area contributed by atoms with E-state index in [0.29, 0.717) is 24.5 Å². The molecule has 0 aliphatic rings. The van der Waals surface area contributed by atoms with Crippen molar-refractivity contribution >= 4 is 0 Å². The molecule has 0 fully saturated rings. The van der Waals surface area contributed by atoms with Gasteiger partial charge in [-0.15, -0.1) is 0 Å². The lowest BCUT2D eigenvalue weighted by atomic mass is 10.2. The number of benzene rings is 2. The Balaban J connectivity index is 1.74. The highest BCUT2D eigenvalue weighted by atomic mass is 16.5. The molecule has 0 radical (unpaired) electrons. The SMILES string of the molecule is CCc1cccc(OCCCOc2ccccc2C#N)c1. The Kier molecular flexibility index (Phi) is 5.66. The summed E-state index contributed by atoms with van der Waals surface area (Å²) in [6.07, 6.45) is 1.78. The Hall–Kier alpha value is -2.47. The van der Waals surface area contributed by atoms with Crippen LogP contribution in [-0.2, 0) is 6.42 Å². The Morgan fingerprint density at radius 2 is 1.81 bits per heavy atom. The van der Waals surface area contributed by atoms with Crippen LogP contribution < -0.4 is 9.47 Å². The van der Waals surface area contributed by atoms with Gasteiger partial charge < -0.3 is 9.47 Å². The van der Waals surface area contributed by atoms with Gasteiger partial charge in [-0.2, -0.15) is 5.26 Å². The molecule has 0 heterocycles. The van der Waals surface area contributed by atoms with E-state index in [4.69, 9.17) is 14.7 Å². The predicted octanol–water partition coefficient (Wildman–Crippen LogP) is 3.97. The van der Waals surface area contributed by atoms with Crippen LogP contribution in [0.4, 0.5) is 0 Å². The zero-order chi connectivity index (χ0) is 14.9. The molecular formula is C18H19NO2. The number of para-hydroxylation sites is 1. The fourth-order valence-corrected chi connectivity index (χ4v) is 1.97. The Bertz CT molecular complexity index is 617. The zero-order valence-electron chi connectivity index (χ0n) is 12.2. The first-order chi connectivity index (χ1) is 10.3. The van der Waals surface area contributed by atoms with Gasteiger partial charge in [-0.1, -0.05) is 31.2 Å². The van der Waals surface area contributed by atoms with Crippen LogP contribution in [0.15, 0.2) is 48.5 Å². The van der Waals surface area contributed by atoms with E-state index in [1.807, 2.05) is 30.3 Å². The molecule has 2 rings (SSSR count). The predicted molar refractivity (Wildman–Crippen MR) is 82.6 cm³/mol. The number of aryl methyl sites for hydroxylation is 1. The summed E-state index contributed by atoms with van der Waals surface area (Å²) in [4.78, 5) is 0. The molecule has 0 N–H and O–H groups in total. The maximum absolute atomic E-state index is 8.96. The fourth-order valence-electron chi connectivity index (χ4n) is 1.97. The Morgan fingerprint density at radius 1 is 1.00 bits per heavy atom. The lowest BCUT2D eigenvalue weighted by molar-refractivity contribution is 0.247. The second kappa shape index (κ2) is 7.96. The minimum absolute atomic E-state index is 0.534. The number of rotatable bonds is 7. The van der Waals surface area contributed by atoms with E-state index in [1.54, 1.807) is 6.07 Å². The van der Waals surface area contributed by atoms with Crippen LogP contribution in [0.25, 0.3) is 0 Å². The lowest BCUT2D eigenvalue weighted by Crippen LogP contribution is -2.05. The number of ether oxygens (including phenoxy) is 2. The molecule has 0 atom stereocenters. The summed E-state index contributed by atoms with van der Waals surface area (Å²) in [6, 6.07) is 17.5. The summed E-state index contributed by atoms with van der Waals surface area (Å²) < 4.78 is 11.3. The largest absolute Gasteiger partial charge is 0.493 e. The summed E-state index contributed by atoms with van der Waals surface area (Å²) in [5, 5.41) is 8.96. The molecule has 3 heteroatoms. The first kappa shape index (κ1) is 14.9. The molecule has 0 saturated heterocycles. The average molecular weight is 281 g/mol. The van der Waals surface area contributed by atoms with Crippen molar-refractivity contribution in [3.63, 3.8) is 0 Å². The van der Waals surface area contributed by atoms with Gasteiger partial charge in [-0.25, -0.2) is 0 Å². The van der Waals surface area contributed by atoms with Crippen molar-refractivity contribution < 1.29 is 9.47 Å². The molecule has 0 aliphatic heterocycles. The van der Waals surface area contributed by atoms with Gasteiger partial charge in [-0.05, 0) is 36.2 Å². The standard InChI is InChI=1S/C18H19NO2/c1-2-15-7-5-9-17(13-15)20-11-6-12-21-18-10-4-3-8-16(18)14-19/h3-5,7-10,13H,2,6,11-12H2,1H3. The third-order valence-corrected chi connectivity index (χ3v) is 3.13. The maximum atomic E-state index is 8.96. The maximum Gasteiger partial charge on any atom is 0.137 e. The molecule has 3 nitrogen and oxygen atoms in total. The van der Waals surface area contributed by atoms with Crippen LogP contribution in [0.1, 0.15) is 24.5 Å². The van der Waals surface area contributed by atoms with Gasteiger partial charge in [0, 0.05) is 6.42 Å². The minimum Gasteiger partial charge on any atom is -0.493 e. The normalized spacial score (nSPS) is 9.90. The molecule has 0 amide bonds. The summed E-state index contributed by atoms with van der Waals surface area (Å²) in [6.45, 7) is 3.26. The van der Waals surface area contributed by atoms with E-state index in [2.05, 4.69) is 25.1 Å². The summed E-state index contributed by atoms with van der Waals surface area (Å²) >= 11 is 0. The van der Waals surface area contributed by atoms with Crippen LogP contribution >= 0.6 is 0 Å². The number of nitrogens with zero attached hydrogens (tertiary/aromatic N) is 1. The molecular weight excluding hydrogens is 262 g/mol. The van der Waals surface area contributed by atoms with Crippen LogP contribution in [0, 0.1) is 11.3 Å². The highest BCUT2D eigenvalue weighted by Crippen LogP contribution is 2.17. The summed E-state index contributed by atoms with van der Waals surface area (Å²) in [7, 11) is 0. The number of hydrogen-bond donors (Lipinski definition) is 0. The van der Waals surface area contributed by atoms with Crippen molar-refractivity contribution in [1.82, 2.24) is 0 Å². The minimum atomic E-state index is 0.534. The van der Waals surface area contributed by atoms with E-state index in [-0.39, 0.29) is 0 Å². The molecule has 0 saturated carbocycles. The molecule has 0 spiro atoms. The Labute approximate surface area is 125 Å². The molecule has 2 aromatic rings. The smallest absolute Gasteiger partial charge is 0.137 e. The van der Waals surface area contributed by atoms with Gasteiger partial charge in [0.25, 0.3) is 0 Å². The first-order valence-corrected chi connectivity index (χ1v) is 7.17. The first-order valence-electron chi connectivity index (χ1n) is 7.17. The lowest BCUT2D eigenvalue weighted by Gasteiger charge is -2.09. The highest BCUT2D eigenvalue weighted by molar-refractivity contribution is 5.42. The molecule has 0 unspecified atom stereocenters. The van der Waals surface area contributed by atoms with E-state index >= 15 is 0 Å². The number of nitriles is 1. The Morgan fingerprint density at radius 3 is 2.62 bits per heavy atom. The van der Waals surface area contributed by atoms with E-state index in [1.165, 1.54) is 5.56 Å². The van der Waals surface area contributed by atoms with E-state index in [0.717, 1.165) is 18.6 Å². The van der Waals surface area contributed by atoms with Crippen molar-refractivity contribution in [2.45, 2.75) is 19.8 Å². The third-order valence-electron chi connectivity index (χ3n) is 3.13.